The number of ether oxygens (including phenoxy) is 1. The van der Waals surface area contributed by atoms with Gasteiger partial charge in [-0.25, -0.2) is 9.50 Å². The van der Waals surface area contributed by atoms with Crippen LogP contribution in [0.2, 0.25) is 0 Å². The summed E-state index contributed by atoms with van der Waals surface area (Å²) in [6.07, 6.45) is 7.46. The third-order valence-electron chi connectivity index (χ3n) is 6.63. The van der Waals surface area contributed by atoms with Crippen LogP contribution in [0.5, 0.6) is 0 Å². The molecular weight excluding hydrogens is 464 g/mol. The summed E-state index contributed by atoms with van der Waals surface area (Å²) in [5, 5.41) is 5.61. The Kier molecular flexibility index (Phi) is 6.03. The van der Waals surface area contributed by atoms with Gasteiger partial charge in [0.1, 0.15) is 11.3 Å². The number of amides is 1. The number of anilines is 2. The van der Waals surface area contributed by atoms with Gasteiger partial charge in [0.2, 0.25) is 10.1 Å². The average molecular weight is 497 g/mol. The molecule has 2 aliphatic heterocycles. The van der Waals surface area contributed by atoms with Gasteiger partial charge in [0.25, 0.3) is 5.91 Å². The molecule has 35 heavy (non-hydrogen) atoms. The molecule has 3 aromatic heterocycles. The first-order valence-corrected chi connectivity index (χ1v) is 13.0. The largest absolute Gasteiger partial charge is 0.460 e. The van der Waals surface area contributed by atoms with E-state index in [2.05, 4.69) is 21.8 Å². The summed E-state index contributed by atoms with van der Waals surface area (Å²) in [6, 6.07) is 3.81. The molecule has 0 saturated carbocycles. The minimum absolute atomic E-state index is 0.0292. The normalized spacial score (nSPS) is 20.3. The molecule has 0 radical (unpaired) electrons. The Morgan fingerprint density at radius 1 is 1.26 bits per heavy atom. The average Bonchev–Trinajstić information content (AvgIpc) is 3.49. The first-order valence-electron chi connectivity index (χ1n) is 12.2. The van der Waals surface area contributed by atoms with Gasteiger partial charge in [-0.1, -0.05) is 18.3 Å². The Hall–Kier alpha value is -3.01. The lowest BCUT2D eigenvalue weighted by Crippen LogP contribution is -2.36. The van der Waals surface area contributed by atoms with Crippen molar-refractivity contribution in [3.63, 3.8) is 0 Å². The van der Waals surface area contributed by atoms with Gasteiger partial charge in [0.05, 0.1) is 17.6 Å². The molecule has 0 N–H and O–H groups in total. The van der Waals surface area contributed by atoms with E-state index < -0.39 is 5.60 Å². The number of carbonyl (C=O) groups excluding carboxylic acids is 2. The lowest BCUT2D eigenvalue weighted by molar-refractivity contribution is -0.155. The van der Waals surface area contributed by atoms with Crippen LogP contribution in [0.1, 0.15) is 69.6 Å². The fraction of sp³-hybridized carbons (Fsp3) is 0.560. The first-order chi connectivity index (χ1) is 16.6. The van der Waals surface area contributed by atoms with Crippen LogP contribution in [-0.2, 0) is 16.0 Å². The van der Waals surface area contributed by atoms with Crippen molar-refractivity contribution in [3.05, 3.63) is 35.9 Å². The second-order valence-electron chi connectivity index (χ2n) is 10.8. The fourth-order valence-electron chi connectivity index (χ4n) is 4.85. The van der Waals surface area contributed by atoms with Crippen LogP contribution < -0.4 is 9.80 Å². The monoisotopic (exact) mass is 496 g/mol. The van der Waals surface area contributed by atoms with Crippen molar-refractivity contribution < 1.29 is 14.3 Å². The van der Waals surface area contributed by atoms with Gasteiger partial charge in [-0.15, -0.1) is 5.10 Å². The highest BCUT2D eigenvalue weighted by Gasteiger charge is 2.36. The number of hydrogen-bond donors (Lipinski definition) is 0. The van der Waals surface area contributed by atoms with E-state index in [0.29, 0.717) is 23.6 Å². The van der Waals surface area contributed by atoms with Crippen molar-refractivity contribution in [2.75, 3.05) is 29.4 Å². The number of nitrogens with zero attached hydrogens (tertiary/aromatic N) is 6. The van der Waals surface area contributed by atoms with Crippen molar-refractivity contribution in [2.45, 2.75) is 65.4 Å². The minimum Gasteiger partial charge on any atom is -0.460 e. The van der Waals surface area contributed by atoms with Crippen LogP contribution in [-0.4, -0.2) is 56.7 Å². The second kappa shape index (κ2) is 8.89. The molecule has 0 bridgehead atoms. The molecule has 2 aliphatic rings. The molecule has 1 fully saturated rings. The molecule has 0 aliphatic carbocycles. The zero-order valence-corrected chi connectivity index (χ0v) is 21.6. The predicted octanol–water partition coefficient (Wildman–Crippen LogP) is 4.12. The highest BCUT2D eigenvalue weighted by atomic mass is 32.1. The maximum absolute atomic E-state index is 13.2. The minimum atomic E-state index is -0.454. The number of carbonyl (C=O) groups is 2. The number of aryl methyl sites for hydroxylation is 1. The number of rotatable bonds is 5. The molecule has 3 aromatic rings. The van der Waals surface area contributed by atoms with E-state index in [9.17, 15) is 9.59 Å². The van der Waals surface area contributed by atoms with Crippen molar-refractivity contribution in [2.24, 2.45) is 5.41 Å². The summed E-state index contributed by atoms with van der Waals surface area (Å²) in [5.41, 5.74) is 1.80. The van der Waals surface area contributed by atoms with Crippen LogP contribution >= 0.6 is 11.3 Å². The van der Waals surface area contributed by atoms with Gasteiger partial charge < -0.3 is 14.5 Å². The smallest absolute Gasteiger partial charge is 0.306 e. The molecule has 10 heteroatoms. The van der Waals surface area contributed by atoms with Crippen molar-refractivity contribution >= 4 is 39.0 Å². The summed E-state index contributed by atoms with van der Waals surface area (Å²) in [7, 11) is 0. The molecular formula is C25H32N6O3S. The van der Waals surface area contributed by atoms with Crippen LogP contribution in [0.4, 0.5) is 10.8 Å². The van der Waals surface area contributed by atoms with E-state index in [1.807, 2.05) is 32.9 Å². The summed E-state index contributed by atoms with van der Waals surface area (Å²) in [6.45, 7) is 10.3. The molecule has 0 aromatic carbocycles. The van der Waals surface area contributed by atoms with Crippen LogP contribution in [0.15, 0.2) is 24.5 Å². The summed E-state index contributed by atoms with van der Waals surface area (Å²) in [5.74, 6) is -0.261. The molecule has 9 nitrogen and oxygen atoms in total. The Morgan fingerprint density at radius 2 is 2.09 bits per heavy atom. The van der Waals surface area contributed by atoms with Gasteiger partial charge in [-0.05, 0) is 64.0 Å². The summed E-state index contributed by atoms with van der Waals surface area (Å²) < 4.78 is 7.17. The van der Waals surface area contributed by atoms with Gasteiger partial charge >= 0.3 is 5.97 Å². The lowest BCUT2D eigenvalue weighted by Gasteiger charge is -2.27. The van der Waals surface area contributed by atoms with Gasteiger partial charge in [0.15, 0.2) is 0 Å². The standard InChI is InChI=1S/C25H32N6O3S/c1-24(2,3)34-20(32)9-10-25(4)11-14-29(16-25)23-28-31-15-18(27-22(31)35-23)21(33)30-13-6-7-17-19(30)8-5-12-26-17/h5,8,12,15H,6-7,9-11,13-14,16H2,1-4H3. The van der Waals surface area contributed by atoms with Gasteiger partial charge in [0, 0.05) is 32.3 Å². The van der Waals surface area contributed by atoms with Crippen LogP contribution in [0, 0.1) is 5.41 Å². The molecule has 5 heterocycles. The topological polar surface area (TPSA) is 92.9 Å². The number of esters is 1. The summed E-state index contributed by atoms with van der Waals surface area (Å²) in [4.78, 5) is 39.1. The van der Waals surface area contributed by atoms with Crippen molar-refractivity contribution in [3.8, 4) is 0 Å². The van der Waals surface area contributed by atoms with Crippen molar-refractivity contribution in [1.82, 2.24) is 19.6 Å². The highest BCUT2D eigenvalue weighted by Crippen LogP contribution is 2.38. The van der Waals surface area contributed by atoms with E-state index in [4.69, 9.17) is 9.84 Å². The predicted molar refractivity (Wildman–Crippen MR) is 135 cm³/mol. The Labute approximate surface area is 209 Å². The number of fused-ring (bicyclic) bond motifs is 2. The SMILES string of the molecule is CC1(CCC(=O)OC(C)(C)C)CCN(c2nn3cc(C(=O)N4CCCc5ncccc54)nc3s2)C1. The third kappa shape index (κ3) is 5.03. The van der Waals surface area contributed by atoms with Gasteiger partial charge in [-0.3, -0.25) is 14.6 Å². The number of hydrogen-bond acceptors (Lipinski definition) is 8. The second-order valence-corrected chi connectivity index (χ2v) is 11.8. The van der Waals surface area contributed by atoms with Crippen LogP contribution in [0.25, 0.3) is 4.96 Å². The third-order valence-corrected chi connectivity index (χ3v) is 7.61. The number of pyridine rings is 1. The molecule has 5 rings (SSSR count). The fourth-order valence-corrected chi connectivity index (χ4v) is 5.76. The molecule has 1 atom stereocenters. The highest BCUT2D eigenvalue weighted by molar-refractivity contribution is 7.20. The first kappa shape index (κ1) is 23.7. The van der Waals surface area contributed by atoms with Crippen molar-refractivity contribution in [1.29, 1.82) is 0 Å². The zero-order chi connectivity index (χ0) is 24.8. The lowest BCUT2D eigenvalue weighted by atomic mass is 9.85. The molecule has 1 amide bonds. The molecule has 1 unspecified atom stereocenters. The molecule has 1 saturated heterocycles. The quantitative estimate of drug-likeness (QED) is 0.491. The number of imidazole rings is 1. The number of aromatic nitrogens is 4. The van der Waals surface area contributed by atoms with E-state index in [0.717, 1.165) is 55.3 Å². The van der Waals surface area contributed by atoms with E-state index in [-0.39, 0.29) is 17.3 Å². The van der Waals surface area contributed by atoms with Crippen LogP contribution in [0.3, 0.4) is 0 Å². The Bertz CT molecular complexity index is 1230. The molecule has 186 valence electrons. The maximum Gasteiger partial charge on any atom is 0.306 e. The molecule has 0 spiro atoms. The zero-order valence-electron chi connectivity index (χ0n) is 20.8. The van der Waals surface area contributed by atoms with E-state index in [1.165, 1.54) is 11.3 Å². The van der Waals surface area contributed by atoms with Gasteiger partial charge in [-0.2, -0.15) is 0 Å². The summed E-state index contributed by atoms with van der Waals surface area (Å²) >= 11 is 1.49. The van der Waals surface area contributed by atoms with E-state index in [1.54, 1.807) is 21.8 Å². The Morgan fingerprint density at radius 3 is 2.86 bits per heavy atom. The van der Waals surface area contributed by atoms with E-state index >= 15 is 0 Å². The maximum atomic E-state index is 13.2. The Balaban J connectivity index is 1.25.